The molecule has 0 aliphatic carbocycles. The summed E-state index contributed by atoms with van der Waals surface area (Å²) >= 11 is 0. The molecule has 0 fully saturated rings. The molecule has 4 nitrogen and oxygen atoms in total. The minimum absolute atomic E-state index is 0.278. The Labute approximate surface area is 78.1 Å². The fourth-order valence-electron chi connectivity index (χ4n) is 1.08. The van der Waals surface area contributed by atoms with E-state index in [9.17, 15) is 5.11 Å². The molecule has 1 atom stereocenters. The molecule has 13 heavy (non-hydrogen) atoms. The van der Waals surface area contributed by atoms with Gasteiger partial charge in [0.15, 0.2) is 0 Å². The predicted molar refractivity (Wildman–Crippen MR) is 49.3 cm³/mol. The summed E-state index contributed by atoms with van der Waals surface area (Å²) in [6.07, 6.45) is 1.80. The molecule has 1 aromatic heterocycles. The van der Waals surface area contributed by atoms with Gasteiger partial charge < -0.3 is 9.84 Å². The Bertz CT molecular complexity index is 268. The molecule has 0 aliphatic rings. The van der Waals surface area contributed by atoms with Gasteiger partial charge in [-0.3, -0.25) is 4.68 Å². The Balaban J connectivity index is 2.68. The summed E-state index contributed by atoms with van der Waals surface area (Å²) in [5, 5.41) is 14.1. The molecule has 4 heteroatoms. The zero-order valence-electron chi connectivity index (χ0n) is 8.32. The molecule has 0 spiro atoms. The van der Waals surface area contributed by atoms with Gasteiger partial charge >= 0.3 is 0 Å². The van der Waals surface area contributed by atoms with Crippen molar-refractivity contribution >= 4 is 0 Å². The molecular formula is C9H16N2O2. The van der Waals surface area contributed by atoms with Crippen LogP contribution in [0.25, 0.3) is 0 Å². The van der Waals surface area contributed by atoms with Crippen LogP contribution in [-0.4, -0.2) is 28.1 Å². The second kappa shape index (κ2) is 3.89. The van der Waals surface area contributed by atoms with Gasteiger partial charge in [-0.15, -0.1) is 0 Å². The van der Waals surface area contributed by atoms with Crippen LogP contribution in [0.4, 0.5) is 0 Å². The van der Waals surface area contributed by atoms with Crippen molar-refractivity contribution in [2.75, 3.05) is 13.2 Å². The highest BCUT2D eigenvalue weighted by molar-refractivity contribution is 5.08. The molecule has 1 N–H and O–H groups in total. The van der Waals surface area contributed by atoms with Crippen LogP contribution in [0.15, 0.2) is 12.3 Å². The number of hydrogen-bond donors (Lipinski definition) is 1. The maximum atomic E-state index is 9.93. The van der Waals surface area contributed by atoms with Crippen LogP contribution in [-0.2, 0) is 17.4 Å². The van der Waals surface area contributed by atoms with Crippen molar-refractivity contribution in [3.05, 3.63) is 18.0 Å². The number of aliphatic hydroxyl groups is 1. The van der Waals surface area contributed by atoms with Crippen molar-refractivity contribution in [1.82, 2.24) is 9.78 Å². The SMILES string of the molecule is CCOCC(C)(O)c1ccn(C)n1. The summed E-state index contributed by atoms with van der Waals surface area (Å²) in [5.41, 5.74) is -0.347. The minimum Gasteiger partial charge on any atom is -0.381 e. The van der Waals surface area contributed by atoms with E-state index >= 15 is 0 Å². The van der Waals surface area contributed by atoms with Gasteiger partial charge in [-0.1, -0.05) is 0 Å². The van der Waals surface area contributed by atoms with Crippen LogP contribution in [0.2, 0.25) is 0 Å². The number of ether oxygens (including phenoxy) is 1. The summed E-state index contributed by atoms with van der Waals surface area (Å²) in [7, 11) is 1.82. The Kier molecular flexibility index (Phi) is 3.06. The van der Waals surface area contributed by atoms with Crippen molar-refractivity contribution in [2.24, 2.45) is 7.05 Å². The number of aromatic nitrogens is 2. The van der Waals surface area contributed by atoms with Crippen molar-refractivity contribution in [1.29, 1.82) is 0 Å². The maximum absolute atomic E-state index is 9.93. The molecule has 1 rings (SSSR count). The molecule has 0 bridgehead atoms. The second-order valence-corrected chi connectivity index (χ2v) is 3.29. The summed E-state index contributed by atoms with van der Waals surface area (Å²) < 4.78 is 6.83. The topological polar surface area (TPSA) is 47.3 Å². The van der Waals surface area contributed by atoms with E-state index in [0.717, 1.165) is 0 Å². The predicted octanol–water partition coefficient (Wildman–Crippen LogP) is 0.664. The normalized spacial score (nSPS) is 15.7. The van der Waals surface area contributed by atoms with E-state index in [1.165, 1.54) is 0 Å². The van der Waals surface area contributed by atoms with Crippen LogP contribution >= 0.6 is 0 Å². The lowest BCUT2D eigenvalue weighted by Crippen LogP contribution is -2.28. The number of rotatable bonds is 4. The third-order valence-electron chi connectivity index (χ3n) is 1.85. The maximum Gasteiger partial charge on any atom is 0.129 e. The molecule has 0 aliphatic heterocycles. The molecular weight excluding hydrogens is 168 g/mol. The van der Waals surface area contributed by atoms with Gasteiger partial charge in [0.2, 0.25) is 0 Å². The van der Waals surface area contributed by atoms with E-state index in [-0.39, 0.29) is 6.61 Å². The highest BCUT2D eigenvalue weighted by atomic mass is 16.5. The lowest BCUT2D eigenvalue weighted by Gasteiger charge is -2.20. The van der Waals surface area contributed by atoms with Crippen molar-refractivity contribution in [3.8, 4) is 0 Å². The molecule has 0 saturated carbocycles. The highest BCUT2D eigenvalue weighted by Gasteiger charge is 2.25. The largest absolute Gasteiger partial charge is 0.381 e. The van der Waals surface area contributed by atoms with Crippen molar-refractivity contribution < 1.29 is 9.84 Å². The summed E-state index contributed by atoms with van der Waals surface area (Å²) in [6.45, 7) is 4.48. The third kappa shape index (κ3) is 2.54. The van der Waals surface area contributed by atoms with Gasteiger partial charge in [-0.2, -0.15) is 5.10 Å². The van der Waals surface area contributed by atoms with E-state index in [1.807, 2.05) is 14.0 Å². The van der Waals surface area contributed by atoms with E-state index in [0.29, 0.717) is 12.3 Å². The first-order chi connectivity index (χ1) is 6.06. The molecule has 0 aromatic carbocycles. The third-order valence-corrected chi connectivity index (χ3v) is 1.85. The summed E-state index contributed by atoms with van der Waals surface area (Å²) in [5.74, 6) is 0. The first-order valence-corrected chi connectivity index (χ1v) is 4.36. The lowest BCUT2D eigenvalue weighted by atomic mass is 10.0. The first-order valence-electron chi connectivity index (χ1n) is 4.36. The number of hydrogen-bond acceptors (Lipinski definition) is 3. The molecule has 1 aromatic rings. The molecule has 0 saturated heterocycles. The second-order valence-electron chi connectivity index (χ2n) is 3.29. The number of nitrogens with zero attached hydrogens (tertiary/aromatic N) is 2. The molecule has 0 amide bonds. The van der Waals surface area contributed by atoms with Crippen LogP contribution in [0.1, 0.15) is 19.5 Å². The van der Waals surface area contributed by atoms with Crippen LogP contribution in [0.3, 0.4) is 0 Å². The minimum atomic E-state index is -0.989. The average Bonchev–Trinajstić information content (AvgIpc) is 2.49. The molecule has 74 valence electrons. The van der Waals surface area contributed by atoms with E-state index in [1.54, 1.807) is 23.9 Å². The fraction of sp³-hybridized carbons (Fsp3) is 0.667. The van der Waals surface area contributed by atoms with E-state index in [2.05, 4.69) is 5.10 Å². The zero-order valence-corrected chi connectivity index (χ0v) is 8.32. The summed E-state index contributed by atoms with van der Waals surface area (Å²) in [6, 6.07) is 1.79. The van der Waals surface area contributed by atoms with Gasteiger partial charge in [0.25, 0.3) is 0 Å². The summed E-state index contributed by atoms with van der Waals surface area (Å²) in [4.78, 5) is 0. The van der Waals surface area contributed by atoms with Crippen LogP contribution in [0.5, 0.6) is 0 Å². The Morgan fingerprint density at radius 1 is 1.69 bits per heavy atom. The Hall–Kier alpha value is -0.870. The Morgan fingerprint density at radius 3 is 2.85 bits per heavy atom. The van der Waals surface area contributed by atoms with E-state index < -0.39 is 5.60 Å². The molecule has 0 radical (unpaired) electrons. The monoisotopic (exact) mass is 184 g/mol. The lowest BCUT2D eigenvalue weighted by molar-refractivity contribution is -0.0375. The highest BCUT2D eigenvalue weighted by Crippen LogP contribution is 2.18. The van der Waals surface area contributed by atoms with Gasteiger partial charge in [0, 0.05) is 19.9 Å². The van der Waals surface area contributed by atoms with Gasteiger partial charge in [-0.25, -0.2) is 0 Å². The fourth-order valence-corrected chi connectivity index (χ4v) is 1.08. The average molecular weight is 184 g/mol. The quantitative estimate of drug-likeness (QED) is 0.748. The van der Waals surface area contributed by atoms with Gasteiger partial charge in [-0.05, 0) is 19.9 Å². The smallest absolute Gasteiger partial charge is 0.129 e. The molecule has 1 unspecified atom stereocenters. The number of aryl methyl sites for hydroxylation is 1. The standard InChI is InChI=1S/C9H16N2O2/c1-4-13-7-9(2,12)8-5-6-11(3)10-8/h5-6,12H,4,7H2,1-3H3. The van der Waals surface area contributed by atoms with Crippen LogP contribution < -0.4 is 0 Å². The van der Waals surface area contributed by atoms with E-state index in [4.69, 9.17) is 4.74 Å². The first kappa shape index (κ1) is 10.2. The molecule has 1 heterocycles. The Morgan fingerprint density at radius 2 is 2.38 bits per heavy atom. The van der Waals surface area contributed by atoms with Gasteiger partial charge in [0.05, 0.1) is 12.3 Å². The zero-order chi connectivity index (χ0) is 9.90. The van der Waals surface area contributed by atoms with Gasteiger partial charge in [0.1, 0.15) is 5.60 Å². The van der Waals surface area contributed by atoms with Crippen molar-refractivity contribution in [3.63, 3.8) is 0 Å². The van der Waals surface area contributed by atoms with Crippen molar-refractivity contribution in [2.45, 2.75) is 19.4 Å². The van der Waals surface area contributed by atoms with Crippen LogP contribution in [0, 0.1) is 0 Å².